The smallest absolute Gasteiger partial charge is 0.152 e. The number of allylic oxidation sites excluding steroid dienone is 1. The van der Waals surface area contributed by atoms with E-state index in [0.717, 1.165) is 17.5 Å². The van der Waals surface area contributed by atoms with Crippen molar-refractivity contribution < 1.29 is 4.79 Å². The average molecular weight is 144 g/mol. The zero-order valence-electron chi connectivity index (χ0n) is 5.82. The highest BCUT2D eigenvalue weighted by molar-refractivity contribution is 6.10. The van der Waals surface area contributed by atoms with Crippen LogP contribution in [0.1, 0.15) is 5.56 Å². The Morgan fingerprint density at radius 1 is 1.27 bits per heavy atom. The van der Waals surface area contributed by atoms with Crippen molar-refractivity contribution in [3.63, 3.8) is 0 Å². The standard InChI is InChI=1S/C9H6NO/c11-6-7-5-10-9-4-2-1-3-8(7)9/h1-6H. The number of fused-ring (bicyclic) bond motifs is 1. The van der Waals surface area contributed by atoms with Gasteiger partial charge in [0.1, 0.15) is 0 Å². The van der Waals surface area contributed by atoms with Gasteiger partial charge in [0.05, 0.1) is 5.69 Å². The predicted octanol–water partition coefficient (Wildman–Crippen LogP) is 1.48. The number of aldehydes is 1. The molecule has 1 aromatic rings. The van der Waals surface area contributed by atoms with Crippen molar-refractivity contribution in [2.45, 2.75) is 0 Å². The molecule has 0 saturated carbocycles. The molecule has 0 aromatic heterocycles. The van der Waals surface area contributed by atoms with E-state index >= 15 is 0 Å². The number of benzene rings is 1. The molecule has 1 aromatic carbocycles. The third-order valence-corrected chi connectivity index (χ3v) is 1.68. The number of para-hydroxylation sites is 1. The lowest BCUT2D eigenvalue weighted by Crippen LogP contribution is -1.80. The molecule has 0 aliphatic carbocycles. The van der Waals surface area contributed by atoms with Crippen LogP contribution < -0.4 is 5.32 Å². The normalized spacial score (nSPS) is 13.3. The van der Waals surface area contributed by atoms with Crippen LogP contribution in [-0.4, -0.2) is 6.29 Å². The molecule has 0 spiro atoms. The fourth-order valence-corrected chi connectivity index (χ4v) is 1.13. The molecule has 1 heterocycles. The molecule has 0 unspecified atom stereocenters. The lowest BCUT2D eigenvalue weighted by Gasteiger charge is -1.95. The number of carbonyl (C=O) groups excluding carboxylic acids is 1. The number of carbonyl (C=O) groups is 1. The Labute approximate surface area is 64.5 Å². The van der Waals surface area contributed by atoms with Gasteiger partial charge < -0.3 is 0 Å². The van der Waals surface area contributed by atoms with E-state index in [9.17, 15) is 4.79 Å². The molecule has 1 aliphatic rings. The first kappa shape index (κ1) is 6.16. The molecule has 1 radical (unpaired) electrons. The minimum atomic E-state index is 0.667. The maximum atomic E-state index is 10.4. The molecule has 0 saturated heterocycles. The summed E-state index contributed by atoms with van der Waals surface area (Å²) in [6.07, 6.45) is 2.42. The molecule has 0 amide bonds. The summed E-state index contributed by atoms with van der Waals surface area (Å²) in [4.78, 5) is 10.4. The Bertz CT molecular complexity index is 328. The van der Waals surface area contributed by atoms with Gasteiger partial charge in [-0.3, -0.25) is 10.1 Å². The Morgan fingerprint density at radius 2 is 2.09 bits per heavy atom. The van der Waals surface area contributed by atoms with Crippen molar-refractivity contribution in [2.75, 3.05) is 0 Å². The molecule has 0 fully saturated rings. The van der Waals surface area contributed by atoms with Gasteiger partial charge in [-0.15, -0.1) is 0 Å². The van der Waals surface area contributed by atoms with Crippen molar-refractivity contribution in [1.29, 1.82) is 0 Å². The minimum Gasteiger partial charge on any atom is -0.298 e. The molecule has 0 N–H and O–H groups in total. The van der Waals surface area contributed by atoms with Gasteiger partial charge in [-0.1, -0.05) is 18.2 Å². The summed E-state index contributed by atoms with van der Waals surface area (Å²) in [6.45, 7) is 0. The van der Waals surface area contributed by atoms with Crippen LogP contribution in [0.15, 0.2) is 30.5 Å². The van der Waals surface area contributed by atoms with Crippen molar-refractivity contribution in [1.82, 2.24) is 5.32 Å². The summed E-state index contributed by atoms with van der Waals surface area (Å²) in [5.41, 5.74) is 2.48. The molecule has 2 rings (SSSR count). The highest BCUT2D eigenvalue weighted by Crippen LogP contribution is 2.27. The first-order valence-electron chi connectivity index (χ1n) is 3.37. The fourth-order valence-electron chi connectivity index (χ4n) is 1.13. The molecule has 0 atom stereocenters. The van der Waals surface area contributed by atoms with Crippen molar-refractivity contribution in [3.8, 4) is 0 Å². The van der Waals surface area contributed by atoms with Gasteiger partial charge in [0.25, 0.3) is 0 Å². The molecule has 1 aliphatic heterocycles. The van der Waals surface area contributed by atoms with Crippen LogP contribution in [0.3, 0.4) is 0 Å². The molecule has 0 bridgehead atoms. The van der Waals surface area contributed by atoms with E-state index in [1.165, 1.54) is 0 Å². The number of hydrogen-bond donors (Lipinski definition) is 0. The van der Waals surface area contributed by atoms with Crippen LogP contribution in [0.25, 0.3) is 5.57 Å². The number of rotatable bonds is 1. The topological polar surface area (TPSA) is 31.2 Å². The van der Waals surface area contributed by atoms with Crippen LogP contribution in [0.2, 0.25) is 0 Å². The van der Waals surface area contributed by atoms with E-state index in [1.807, 2.05) is 24.3 Å². The van der Waals surface area contributed by atoms with Crippen molar-refractivity contribution in [2.24, 2.45) is 0 Å². The van der Waals surface area contributed by atoms with E-state index in [1.54, 1.807) is 6.20 Å². The summed E-state index contributed by atoms with van der Waals surface area (Å²) < 4.78 is 0. The van der Waals surface area contributed by atoms with Crippen LogP contribution in [0.4, 0.5) is 5.69 Å². The molecule has 53 valence electrons. The van der Waals surface area contributed by atoms with Gasteiger partial charge >= 0.3 is 0 Å². The second-order valence-electron chi connectivity index (χ2n) is 2.35. The minimum absolute atomic E-state index is 0.667. The predicted molar refractivity (Wildman–Crippen MR) is 42.3 cm³/mol. The monoisotopic (exact) mass is 144 g/mol. The molecule has 11 heavy (non-hydrogen) atoms. The van der Waals surface area contributed by atoms with Crippen molar-refractivity contribution >= 4 is 17.5 Å². The van der Waals surface area contributed by atoms with Gasteiger partial charge in [-0.2, -0.15) is 0 Å². The lowest BCUT2D eigenvalue weighted by atomic mass is 10.1. The summed E-state index contributed by atoms with van der Waals surface area (Å²) in [7, 11) is 0. The van der Waals surface area contributed by atoms with E-state index in [-0.39, 0.29) is 0 Å². The SMILES string of the molecule is O=CC1=C[N]c2ccccc21. The largest absolute Gasteiger partial charge is 0.298 e. The zero-order chi connectivity index (χ0) is 7.68. The zero-order valence-corrected chi connectivity index (χ0v) is 5.82. The second kappa shape index (κ2) is 2.23. The molecule has 2 heteroatoms. The maximum Gasteiger partial charge on any atom is 0.152 e. The van der Waals surface area contributed by atoms with Crippen LogP contribution in [0, 0.1) is 0 Å². The van der Waals surface area contributed by atoms with E-state index in [0.29, 0.717) is 5.57 Å². The van der Waals surface area contributed by atoms with E-state index in [4.69, 9.17) is 0 Å². The van der Waals surface area contributed by atoms with E-state index < -0.39 is 0 Å². The Kier molecular flexibility index (Phi) is 1.25. The molecule has 2 nitrogen and oxygen atoms in total. The summed E-state index contributed by atoms with van der Waals surface area (Å²) in [5.74, 6) is 0. The van der Waals surface area contributed by atoms with Gasteiger partial charge in [0.2, 0.25) is 0 Å². The highest BCUT2D eigenvalue weighted by Gasteiger charge is 2.12. The molecular weight excluding hydrogens is 138 g/mol. The summed E-state index contributed by atoms with van der Waals surface area (Å²) >= 11 is 0. The lowest BCUT2D eigenvalue weighted by molar-refractivity contribution is -0.103. The van der Waals surface area contributed by atoms with Gasteiger partial charge in [0.15, 0.2) is 6.29 Å². The third-order valence-electron chi connectivity index (χ3n) is 1.68. The van der Waals surface area contributed by atoms with Gasteiger partial charge in [-0.25, -0.2) is 0 Å². The second-order valence-corrected chi connectivity index (χ2v) is 2.35. The van der Waals surface area contributed by atoms with Crippen LogP contribution >= 0.6 is 0 Å². The summed E-state index contributed by atoms with van der Waals surface area (Å²) in [5, 5.41) is 4.06. The number of hydrogen-bond acceptors (Lipinski definition) is 1. The number of nitrogens with zero attached hydrogens (tertiary/aromatic N) is 1. The third kappa shape index (κ3) is 0.835. The first-order chi connectivity index (χ1) is 5.42. The van der Waals surface area contributed by atoms with Crippen LogP contribution in [0.5, 0.6) is 0 Å². The van der Waals surface area contributed by atoms with Crippen molar-refractivity contribution in [3.05, 3.63) is 36.0 Å². The average Bonchev–Trinajstić information content (AvgIpc) is 2.47. The quantitative estimate of drug-likeness (QED) is 0.549. The fraction of sp³-hybridized carbons (Fsp3) is 0. The maximum absolute atomic E-state index is 10.4. The van der Waals surface area contributed by atoms with Crippen LogP contribution in [-0.2, 0) is 4.79 Å². The van der Waals surface area contributed by atoms with E-state index in [2.05, 4.69) is 5.32 Å². The Balaban J connectivity index is 2.56. The first-order valence-corrected chi connectivity index (χ1v) is 3.37. The van der Waals surface area contributed by atoms with Gasteiger partial charge in [-0.05, 0) is 6.07 Å². The molecular formula is C9H6NO. The summed E-state index contributed by atoms with van der Waals surface area (Å²) in [6, 6.07) is 7.59. The Hall–Kier alpha value is -1.57. The highest BCUT2D eigenvalue weighted by atomic mass is 16.1. The van der Waals surface area contributed by atoms with Gasteiger partial charge in [0, 0.05) is 17.3 Å². The Morgan fingerprint density at radius 3 is 2.91 bits per heavy atom.